The predicted molar refractivity (Wildman–Crippen MR) is 147 cm³/mol. The summed E-state index contributed by atoms with van der Waals surface area (Å²) in [6.07, 6.45) is -0.650. The van der Waals surface area contributed by atoms with Gasteiger partial charge in [0.2, 0.25) is 0 Å². The van der Waals surface area contributed by atoms with Crippen molar-refractivity contribution in [3.8, 4) is 22.6 Å². The van der Waals surface area contributed by atoms with Crippen LogP contribution < -0.4 is 19.5 Å². The molecule has 0 aliphatic heterocycles. The van der Waals surface area contributed by atoms with E-state index in [1.54, 1.807) is 32.9 Å². The number of carboxylic acids is 1. The summed E-state index contributed by atoms with van der Waals surface area (Å²) in [7, 11) is -3.56. The van der Waals surface area contributed by atoms with E-state index in [0.717, 1.165) is 25.3 Å². The lowest BCUT2D eigenvalue weighted by molar-refractivity contribution is 0.0519. The maximum atomic E-state index is 15.0. The number of hydrogen-bond acceptors (Lipinski definition) is 7. The Balaban J connectivity index is 1.91. The third kappa shape index (κ3) is 7.98. The summed E-state index contributed by atoms with van der Waals surface area (Å²) in [6.45, 7) is 5.16. The molecule has 41 heavy (non-hydrogen) atoms. The molecule has 0 unspecified atom stereocenters. The van der Waals surface area contributed by atoms with Crippen molar-refractivity contribution < 1.29 is 46.1 Å². The summed E-state index contributed by atoms with van der Waals surface area (Å²) >= 11 is 6.01. The SMILES string of the molecule is COc1c(Cl)cc(C(=O)O)cc1S(=O)(=O)Nc1cc(-c2ccccc2OCCNC(=O)OC(C)(C)C)c(F)cc1F. The molecule has 0 radical (unpaired) electrons. The summed E-state index contributed by atoms with van der Waals surface area (Å²) in [6, 6.07) is 9.38. The van der Waals surface area contributed by atoms with Gasteiger partial charge < -0.3 is 24.6 Å². The number of ether oxygens (including phenoxy) is 3. The first-order valence-electron chi connectivity index (χ1n) is 11.9. The minimum Gasteiger partial charge on any atom is -0.494 e. The molecule has 3 aromatic carbocycles. The van der Waals surface area contributed by atoms with Crippen molar-refractivity contribution in [2.45, 2.75) is 31.3 Å². The molecule has 0 atom stereocenters. The Morgan fingerprint density at radius 2 is 1.71 bits per heavy atom. The molecule has 0 spiro atoms. The highest BCUT2D eigenvalue weighted by molar-refractivity contribution is 7.92. The summed E-state index contributed by atoms with van der Waals surface area (Å²) in [5.41, 5.74) is -1.82. The molecule has 14 heteroatoms. The molecule has 3 rings (SSSR count). The molecule has 220 valence electrons. The van der Waals surface area contributed by atoms with Gasteiger partial charge in [0.25, 0.3) is 10.0 Å². The van der Waals surface area contributed by atoms with Gasteiger partial charge in [-0.15, -0.1) is 0 Å². The molecule has 0 aliphatic carbocycles. The second kappa shape index (κ2) is 12.6. The van der Waals surface area contributed by atoms with E-state index in [-0.39, 0.29) is 40.8 Å². The lowest BCUT2D eigenvalue weighted by atomic mass is 10.0. The molecular formula is C27H27ClF2N2O8S. The van der Waals surface area contributed by atoms with Gasteiger partial charge in [0.15, 0.2) is 5.75 Å². The maximum Gasteiger partial charge on any atom is 0.407 e. The maximum absolute atomic E-state index is 15.0. The Labute approximate surface area is 240 Å². The zero-order valence-electron chi connectivity index (χ0n) is 22.4. The number of benzene rings is 3. The Bertz CT molecular complexity index is 1580. The molecule has 0 bridgehead atoms. The number of carbonyl (C=O) groups is 2. The van der Waals surface area contributed by atoms with Crippen molar-refractivity contribution in [2.24, 2.45) is 0 Å². The normalized spacial score (nSPS) is 11.5. The summed E-state index contributed by atoms with van der Waals surface area (Å²) in [4.78, 5) is 22.6. The number of sulfonamides is 1. The largest absolute Gasteiger partial charge is 0.494 e. The second-order valence-corrected chi connectivity index (χ2v) is 11.5. The van der Waals surface area contributed by atoms with Gasteiger partial charge in [-0.1, -0.05) is 29.8 Å². The highest BCUT2D eigenvalue weighted by Crippen LogP contribution is 2.37. The Morgan fingerprint density at radius 1 is 1.02 bits per heavy atom. The summed E-state index contributed by atoms with van der Waals surface area (Å²) < 4.78 is 74.0. The van der Waals surface area contributed by atoms with Crippen LogP contribution in [0.15, 0.2) is 53.4 Å². The fourth-order valence-electron chi connectivity index (χ4n) is 3.57. The first kappa shape index (κ1) is 31.4. The number of halogens is 3. The molecule has 0 heterocycles. The number of amides is 1. The highest BCUT2D eigenvalue weighted by atomic mass is 35.5. The quantitative estimate of drug-likeness (QED) is 0.248. The number of nitrogens with one attached hydrogen (secondary N) is 2. The fraction of sp³-hybridized carbons (Fsp3) is 0.259. The number of aromatic carboxylic acids is 1. The number of carboxylic acid groups (broad SMARTS) is 1. The van der Waals surface area contributed by atoms with Gasteiger partial charge in [-0.3, -0.25) is 4.72 Å². The number of anilines is 1. The second-order valence-electron chi connectivity index (χ2n) is 9.49. The van der Waals surface area contributed by atoms with Crippen molar-refractivity contribution in [3.63, 3.8) is 0 Å². The standard InChI is InChI=1S/C27H27ClF2N2O8S/c1-27(2,3)40-26(35)31-9-10-39-22-8-6-5-7-16(22)17-13-21(20(30)14-19(17)29)32-41(36,37)23-12-15(25(33)34)11-18(28)24(23)38-4/h5-8,11-14,32H,9-10H2,1-4H3,(H,31,35)(H,33,34). The zero-order valence-corrected chi connectivity index (χ0v) is 24.0. The van der Waals surface area contributed by atoms with Gasteiger partial charge in [-0.05, 0) is 45.0 Å². The van der Waals surface area contributed by atoms with E-state index in [9.17, 15) is 31.9 Å². The third-order valence-corrected chi connectivity index (χ3v) is 6.91. The molecular weight excluding hydrogens is 586 g/mol. The van der Waals surface area contributed by atoms with Crippen molar-refractivity contribution in [1.82, 2.24) is 5.32 Å². The van der Waals surface area contributed by atoms with Gasteiger partial charge in [0.1, 0.15) is 34.5 Å². The molecule has 3 aromatic rings. The Kier molecular flexibility index (Phi) is 9.66. The van der Waals surface area contributed by atoms with Crippen LogP contribution in [0.5, 0.6) is 11.5 Å². The van der Waals surface area contributed by atoms with Crippen LogP contribution in [-0.4, -0.2) is 51.4 Å². The number of rotatable bonds is 10. The lowest BCUT2D eigenvalue weighted by Gasteiger charge is -2.20. The molecule has 0 saturated heterocycles. The highest BCUT2D eigenvalue weighted by Gasteiger charge is 2.27. The number of alkyl carbamates (subject to hydrolysis) is 1. The molecule has 0 fully saturated rings. The zero-order chi connectivity index (χ0) is 30.5. The third-order valence-electron chi connectivity index (χ3n) is 5.26. The average molecular weight is 613 g/mol. The predicted octanol–water partition coefficient (Wildman–Crippen LogP) is 5.70. The molecule has 3 N–H and O–H groups in total. The first-order chi connectivity index (χ1) is 19.1. The summed E-state index contributed by atoms with van der Waals surface area (Å²) in [5.74, 6) is -3.92. The fourth-order valence-corrected chi connectivity index (χ4v) is 5.19. The molecule has 0 saturated carbocycles. The van der Waals surface area contributed by atoms with Crippen LogP contribution in [-0.2, 0) is 14.8 Å². The van der Waals surface area contributed by atoms with Crippen LogP contribution in [0.25, 0.3) is 11.1 Å². The van der Waals surface area contributed by atoms with Crippen molar-refractivity contribution in [3.05, 3.63) is 70.8 Å². The van der Waals surface area contributed by atoms with Crippen molar-refractivity contribution in [1.29, 1.82) is 0 Å². The van der Waals surface area contributed by atoms with Crippen LogP contribution in [0.2, 0.25) is 5.02 Å². The Hall–Kier alpha value is -4.10. The number of carbonyl (C=O) groups excluding carboxylic acids is 1. The molecule has 10 nitrogen and oxygen atoms in total. The molecule has 0 aromatic heterocycles. The summed E-state index contributed by atoms with van der Waals surface area (Å²) in [5, 5.41) is 11.5. The van der Waals surface area contributed by atoms with Gasteiger partial charge in [0, 0.05) is 17.2 Å². The van der Waals surface area contributed by atoms with Gasteiger partial charge in [0.05, 0.1) is 29.9 Å². The average Bonchev–Trinajstić information content (AvgIpc) is 2.87. The van der Waals surface area contributed by atoms with Gasteiger partial charge in [-0.2, -0.15) is 0 Å². The molecule has 1 amide bonds. The Morgan fingerprint density at radius 3 is 2.34 bits per heavy atom. The van der Waals surface area contributed by atoms with E-state index in [2.05, 4.69) is 5.32 Å². The van der Waals surface area contributed by atoms with E-state index in [0.29, 0.717) is 6.07 Å². The number of para-hydroxylation sites is 1. The first-order valence-corrected chi connectivity index (χ1v) is 13.8. The monoisotopic (exact) mass is 612 g/mol. The van der Waals surface area contributed by atoms with Crippen LogP contribution in [0.3, 0.4) is 0 Å². The number of hydrogen-bond donors (Lipinski definition) is 3. The van der Waals surface area contributed by atoms with Crippen LogP contribution in [0, 0.1) is 11.6 Å². The minimum atomic E-state index is -4.69. The smallest absolute Gasteiger partial charge is 0.407 e. The van der Waals surface area contributed by atoms with Crippen molar-refractivity contribution >= 4 is 39.4 Å². The van der Waals surface area contributed by atoms with E-state index in [1.807, 2.05) is 4.72 Å². The van der Waals surface area contributed by atoms with E-state index in [4.69, 9.17) is 25.8 Å². The van der Waals surface area contributed by atoms with Crippen LogP contribution in [0.4, 0.5) is 19.3 Å². The number of methoxy groups -OCH3 is 1. The van der Waals surface area contributed by atoms with Gasteiger partial charge in [-0.25, -0.2) is 26.8 Å². The molecule has 0 aliphatic rings. The minimum absolute atomic E-state index is 0.0287. The van der Waals surface area contributed by atoms with Crippen molar-refractivity contribution in [2.75, 3.05) is 25.0 Å². The van der Waals surface area contributed by atoms with E-state index >= 15 is 0 Å². The lowest BCUT2D eigenvalue weighted by Crippen LogP contribution is -2.34. The van der Waals surface area contributed by atoms with E-state index < -0.39 is 55.5 Å². The van der Waals surface area contributed by atoms with Gasteiger partial charge >= 0.3 is 12.1 Å². The topological polar surface area (TPSA) is 140 Å². The van der Waals surface area contributed by atoms with Crippen LogP contribution in [0.1, 0.15) is 31.1 Å². The van der Waals surface area contributed by atoms with Crippen LogP contribution >= 0.6 is 11.6 Å². The van der Waals surface area contributed by atoms with E-state index in [1.165, 1.54) is 12.1 Å².